The summed E-state index contributed by atoms with van der Waals surface area (Å²) in [6, 6.07) is 4.25. The van der Waals surface area contributed by atoms with Crippen molar-refractivity contribution in [2.24, 2.45) is 7.05 Å². The van der Waals surface area contributed by atoms with E-state index in [9.17, 15) is 4.79 Å². The molecule has 1 aliphatic heterocycles. The summed E-state index contributed by atoms with van der Waals surface area (Å²) < 4.78 is 1.86. The fraction of sp³-hybridized carbons (Fsp3) is 0.550. The van der Waals surface area contributed by atoms with Crippen molar-refractivity contribution >= 4 is 11.6 Å². The maximum atomic E-state index is 12.6. The number of hydrogen-bond acceptors (Lipinski definition) is 4. The van der Waals surface area contributed by atoms with Gasteiger partial charge in [-0.05, 0) is 44.4 Å². The molecule has 2 aromatic heterocycles. The second-order valence-corrected chi connectivity index (χ2v) is 7.49. The Kier molecular flexibility index (Phi) is 5.30. The number of aromatic nitrogens is 3. The van der Waals surface area contributed by atoms with Crippen LogP contribution in [-0.2, 0) is 18.3 Å². The monoisotopic (exact) mass is 355 g/mol. The fourth-order valence-corrected chi connectivity index (χ4v) is 3.56. The SMILES string of the molecule is Cc1cc(N(C)C)cc(C2CCN(C(=O)CCc3cnn(C)c3C)C2)n1. The first-order valence-electron chi connectivity index (χ1n) is 9.26. The molecule has 0 aromatic carbocycles. The maximum absolute atomic E-state index is 12.6. The molecule has 0 N–H and O–H groups in total. The molecule has 0 radical (unpaired) electrons. The van der Waals surface area contributed by atoms with E-state index in [1.54, 1.807) is 0 Å². The lowest BCUT2D eigenvalue weighted by atomic mass is 10.0. The largest absolute Gasteiger partial charge is 0.378 e. The summed E-state index contributed by atoms with van der Waals surface area (Å²) >= 11 is 0. The van der Waals surface area contributed by atoms with Gasteiger partial charge in [0.1, 0.15) is 0 Å². The van der Waals surface area contributed by atoms with Crippen molar-refractivity contribution in [3.63, 3.8) is 0 Å². The molecule has 6 nitrogen and oxygen atoms in total. The van der Waals surface area contributed by atoms with E-state index in [1.165, 1.54) is 5.69 Å². The number of carbonyl (C=O) groups is 1. The third-order valence-corrected chi connectivity index (χ3v) is 5.38. The van der Waals surface area contributed by atoms with Gasteiger partial charge in [0.25, 0.3) is 0 Å². The average Bonchev–Trinajstić information content (AvgIpc) is 3.21. The van der Waals surface area contributed by atoms with E-state index in [0.29, 0.717) is 12.3 Å². The van der Waals surface area contributed by atoms with Crippen LogP contribution in [0.15, 0.2) is 18.3 Å². The van der Waals surface area contributed by atoms with Gasteiger partial charge in [-0.15, -0.1) is 0 Å². The van der Waals surface area contributed by atoms with Gasteiger partial charge in [0.05, 0.1) is 6.20 Å². The highest BCUT2D eigenvalue weighted by Gasteiger charge is 2.28. The van der Waals surface area contributed by atoms with Crippen LogP contribution in [-0.4, -0.2) is 52.8 Å². The normalized spacial score (nSPS) is 17.0. The molecule has 26 heavy (non-hydrogen) atoms. The Morgan fingerprint density at radius 3 is 2.73 bits per heavy atom. The van der Waals surface area contributed by atoms with Gasteiger partial charge < -0.3 is 9.80 Å². The number of amides is 1. The molecule has 3 heterocycles. The van der Waals surface area contributed by atoms with Crippen molar-refractivity contribution in [2.45, 2.75) is 39.0 Å². The summed E-state index contributed by atoms with van der Waals surface area (Å²) in [7, 11) is 6.02. The molecule has 1 aliphatic rings. The molecule has 1 atom stereocenters. The predicted octanol–water partition coefficient (Wildman–Crippen LogP) is 2.45. The number of likely N-dealkylation sites (tertiary alicyclic amines) is 1. The number of rotatable bonds is 5. The number of anilines is 1. The quantitative estimate of drug-likeness (QED) is 0.827. The standard InChI is InChI=1S/C20H29N5O/c1-14-10-18(23(3)4)11-19(22-14)17-8-9-25(13-17)20(26)7-6-16-12-21-24(5)15(16)2/h10-12,17H,6-9,13H2,1-5H3. The van der Waals surface area contributed by atoms with Crippen LogP contribution in [0.5, 0.6) is 0 Å². The number of carbonyl (C=O) groups excluding carboxylic acids is 1. The first-order chi connectivity index (χ1) is 12.3. The van der Waals surface area contributed by atoms with Crippen LogP contribution in [0.4, 0.5) is 5.69 Å². The van der Waals surface area contributed by atoms with E-state index >= 15 is 0 Å². The summed E-state index contributed by atoms with van der Waals surface area (Å²) in [5.74, 6) is 0.564. The van der Waals surface area contributed by atoms with Crippen molar-refractivity contribution in [3.05, 3.63) is 41.0 Å². The van der Waals surface area contributed by atoms with Gasteiger partial charge >= 0.3 is 0 Å². The number of aryl methyl sites for hydroxylation is 3. The molecule has 0 spiro atoms. The number of nitrogens with zero attached hydrogens (tertiary/aromatic N) is 5. The first kappa shape index (κ1) is 18.4. The lowest BCUT2D eigenvalue weighted by molar-refractivity contribution is -0.130. The summed E-state index contributed by atoms with van der Waals surface area (Å²) in [6.45, 7) is 5.67. The van der Waals surface area contributed by atoms with Gasteiger partial charge in [0, 0.05) is 69.3 Å². The van der Waals surface area contributed by atoms with Crippen LogP contribution in [0.25, 0.3) is 0 Å². The van der Waals surface area contributed by atoms with Crippen molar-refractivity contribution in [2.75, 3.05) is 32.1 Å². The maximum Gasteiger partial charge on any atom is 0.222 e. The van der Waals surface area contributed by atoms with Crippen LogP contribution in [0.1, 0.15) is 41.4 Å². The summed E-state index contributed by atoms with van der Waals surface area (Å²) in [5.41, 5.74) is 5.60. The fourth-order valence-electron chi connectivity index (χ4n) is 3.56. The second-order valence-electron chi connectivity index (χ2n) is 7.49. The smallest absolute Gasteiger partial charge is 0.222 e. The first-order valence-corrected chi connectivity index (χ1v) is 9.26. The molecule has 1 amide bonds. The van der Waals surface area contributed by atoms with Crippen LogP contribution in [0, 0.1) is 13.8 Å². The number of pyridine rings is 1. The van der Waals surface area contributed by atoms with Gasteiger partial charge in [-0.3, -0.25) is 14.5 Å². The molecule has 1 saturated heterocycles. The molecule has 6 heteroatoms. The van der Waals surface area contributed by atoms with E-state index in [2.05, 4.69) is 22.1 Å². The van der Waals surface area contributed by atoms with Gasteiger partial charge in [0.15, 0.2) is 0 Å². The molecule has 1 unspecified atom stereocenters. The third-order valence-electron chi connectivity index (χ3n) is 5.38. The van der Waals surface area contributed by atoms with E-state index in [4.69, 9.17) is 4.98 Å². The highest BCUT2D eigenvalue weighted by molar-refractivity contribution is 5.77. The molecular formula is C20H29N5O. The highest BCUT2D eigenvalue weighted by Crippen LogP contribution is 2.29. The van der Waals surface area contributed by atoms with Crippen molar-refractivity contribution in [1.29, 1.82) is 0 Å². The lowest BCUT2D eigenvalue weighted by Crippen LogP contribution is -2.28. The van der Waals surface area contributed by atoms with Crippen LogP contribution in [0.2, 0.25) is 0 Å². The number of hydrogen-bond donors (Lipinski definition) is 0. The summed E-state index contributed by atoms with van der Waals surface area (Å²) in [4.78, 5) is 21.4. The van der Waals surface area contributed by atoms with Crippen LogP contribution < -0.4 is 4.90 Å². The Balaban J connectivity index is 1.61. The molecule has 0 aliphatic carbocycles. The Hall–Kier alpha value is -2.37. The van der Waals surface area contributed by atoms with E-state index < -0.39 is 0 Å². The van der Waals surface area contributed by atoms with Crippen molar-refractivity contribution < 1.29 is 4.79 Å². The molecule has 0 bridgehead atoms. The lowest BCUT2D eigenvalue weighted by Gasteiger charge is -2.18. The molecule has 140 valence electrons. The van der Waals surface area contributed by atoms with Crippen LogP contribution >= 0.6 is 0 Å². The van der Waals surface area contributed by atoms with E-state index in [-0.39, 0.29) is 5.91 Å². The molecule has 1 fully saturated rings. The molecule has 2 aromatic rings. The summed E-state index contributed by atoms with van der Waals surface area (Å²) in [5, 5.41) is 4.25. The average molecular weight is 355 g/mol. The van der Waals surface area contributed by atoms with Gasteiger partial charge in [-0.25, -0.2) is 0 Å². The Morgan fingerprint density at radius 1 is 1.31 bits per heavy atom. The van der Waals surface area contributed by atoms with Crippen molar-refractivity contribution in [3.8, 4) is 0 Å². The van der Waals surface area contributed by atoms with Crippen LogP contribution in [0.3, 0.4) is 0 Å². The molecular weight excluding hydrogens is 326 g/mol. The van der Waals surface area contributed by atoms with Gasteiger partial charge in [-0.2, -0.15) is 5.10 Å². The van der Waals surface area contributed by atoms with E-state index in [0.717, 1.165) is 48.6 Å². The predicted molar refractivity (Wildman–Crippen MR) is 104 cm³/mol. The molecule has 0 saturated carbocycles. The summed E-state index contributed by atoms with van der Waals surface area (Å²) in [6.07, 6.45) is 4.16. The Morgan fingerprint density at radius 2 is 2.08 bits per heavy atom. The molecule has 3 rings (SSSR count). The van der Waals surface area contributed by atoms with Gasteiger partial charge in [-0.1, -0.05) is 0 Å². The Labute approximate surface area is 155 Å². The Bertz CT molecular complexity index is 795. The second kappa shape index (κ2) is 7.48. The topological polar surface area (TPSA) is 54.3 Å². The minimum atomic E-state index is 0.233. The minimum Gasteiger partial charge on any atom is -0.378 e. The zero-order chi connectivity index (χ0) is 18.8. The van der Waals surface area contributed by atoms with Gasteiger partial charge in [0.2, 0.25) is 5.91 Å². The van der Waals surface area contributed by atoms with Crippen molar-refractivity contribution in [1.82, 2.24) is 19.7 Å². The van der Waals surface area contributed by atoms with E-state index in [1.807, 2.05) is 50.8 Å². The minimum absolute atomic E-state index is 0.233. The zero-order valence-corrected chi connectivity index (χ0v) is 16.5. The zero-order valence-electron chi connectivity index (χ0n) is 16.5. The highest BCUT2D eigenvalue weighted by atomic mass is 16.2. The third kappa shape index (κ3) is 3.89.